The zero-order chi connectivity index (χ0) is 13.1. The first-order chi connectivity index (χ1) is 8.56. The summed E-state index contributed by atoms with van der Waals surface area (Å²) in [6.07, 6.45) is 3.98. The molecule has 0 saturated heterocycles. The highest BCUT2D eigenvalue weighted by molar-refractivity contribution is 5.55. The molecule has 0 amide bonds. The van der Waals surface area contributed by atoms with Crippen LogP contribution < -0.4 is 5.32 Å². The Bertz CT molecular complexity index is 575. The average Bonchev–Trinajstić information content (AvgIpc) is 2.74. The highest BCUT2D eigenvalue weighted by Crippen LogP contribution is 2.22. The van der Waals surface area contributed by atoms with Crippen molar-refractivity contribution in [2.24, 2.45) is 7.05 Å². The molecule has 2 aromatic rings. The molecule has 18 heavy (non-hydrogen) atoms. The Balaban J connectivity index is 2.10. The van der Waals surface area contributed by atoms with Crippen LogP contribution in [0.15, 0.2) is 36.7 Å². The van der Waals surface area contributed by atoms with E-state index < -0.39 is 0 Å². The minimum atomic E-state index is -0.358. The number of nitro groups is 1. The van der Waals surface area contributed by atoms with Crippen LogP contribution >= 0.6 is 0 Å². The number of aromatic nitrogens is 1. The van der Waals surface area contributed by atoms with E-state index in [1.807, 2.05) is 36.1 Å². The van der Waals surface area contributed by atoms with Crippen molar-refractivity contribution in [1.29, 1.82) is 0 Å². The fourth-order valence-corrected chi connectivity index (χ4v) is 1.79. The number of hydrogen-bond acceptors (Lipinski definition) is 3. The Morgan fingerprint density at radius 3 is 2.78 bits per heavy atom. The standard InChI is InChI=1S/C13H15N3O2/c1-10-3-4-12(7-13(10)16(17)18)14-8-11-5-6-15(2)9-11/h3-7,9,14H,8H2,1-2H3. The van der Waals surface area contributed by atoms with Gasteiger partial charge in [0.25, 0.3) is 5.69 Å². The van der Waals surface area contributed by atoms with Crippen molar-refractivity contribution < 1.29 is 4.92 Å². The zero-order valence-electron chi connectivity index (χ0n) is 10.4. The van der Waals surface area contributed by atoms with Crippen molar-refractivity contribution in [2.45, 2.75) is 13.5 Å². The Kier molecular flexibility index (Phi) is 3.32. The first-order valence-electron chi connectivity index (χ1n) is 5.66. The summed E-state index contributed by atoms with van der Waals surface area (Å²) in [4.78, 5) is 10.5. The van der Waals surface area contributed by atoms with Crippen molar-refractivity contribution in [3.63, 3.8) is 0 Å². The number of anilines is 1. The van der Waals surface area contributed by atoms with Crippen LogP contribution in [0.3, 0.4) is 0 Å². The summed E-state index contributed by atoms with van der Waals surface area (Å²) >= 11 is 0. The molecule has 0 atom stereocenters. The van der Waals surface area contributed by atoms with Gasteiger partial charge in [0.05, 0.1) is 4.92 Å². The minimum Gasteiger partial charge on any atom is -0.381 e. The molecule has 2 rings (SSSR count). The monoisotopic (exact) mass is 245 g/mol. The topological polar surface area (TPSA) is 60.1 Å². The lowest BCUT2D eigenvalue weighted by Crippen LogP contribution is -2.00. The van der Waals surface area contributed by atoms with Crippen LogP contribution in [0.2, 0.25) is 0 Å². The predicted octanol–water partition coefficient (Wildman–Crippen LogP) is 2.85. The second kappa shape index (κ2) is 4.91. The second-order valence-corrected chi connectivity index (χ2v) is 4.30. The molecule has 0 bridgehead atoms. The van der Waals surface area contributed by atoms with E-state index in [0.717, 1.165) is 11.3 Å². The first kappa shape index (κ1) is 12.2. The lowest BCUT2D eigenvalue weighted by molar-refractivity contribution is -0.385. The number of hydrogen-bond donors (Lipinski definition) is 1. The summed E-state index contributed by atoms with van der Waals surface area (Å²) in [6.45, 7) is 2.39. The predicted molar refractivity (Wildman–Crippen MR) is 70.6 cm³/mol. The zero-order valence-corrected chi connectivity index (χ0v) is 10.4. The van der Waals surface area contributed by atoms with Gasteiger partial charge in [0.15, 0.2) is 0 Å². The fourth-order valence-electron chi connectivity index (χ4n) is 1.79. The summed E-state index contributed by atoms with van der Waals surface area (Å²) in [6, 6.07) is 7.19. The Morgan fingerprint density at radius 1 is 1.39 bits per heavy atom. The van der Waals surface area contributed by atoms with Crippen LogP contribution in [0.1, 0.15) is 11.1 Å². The molecule has 0 saturated carbocycles. The molecule has 0 aliphatic carbocycles. The molecule has 0 fully saturated rings. The maximum Gasteiger partial charge on any atom is 0.274 e. The van der Waals surface area contributed by atoms with Crippen LogP contribution in [-0.4, -0.2) is 9.49 Å². The molecule has 5 heteroatoms. The van der Waals surface area contributed by atoms with Gasteiger partial charge in [0.2, 0.25) is 0 Å². The van der Waals surface area contributed by atoms with Crippen LogP contribution in [0, 0.1) is 17.0 Å². The molecule has 94 valence electrons. The van der Waals surface area contributed by atoms with Gasteiger partial charge >= 0.3 is 0 Å². The second-order valence-electron chi connectivity index (χ2n) is 4.30. The van der Waals surface area contributed by atoms with Crippen molar-refractivity contribution in [3.05, 3.63) is 57.9 Å². The van der Waals surface area contributed by atoms with Crippen molar-refractivity contribution >= 4 is 11.4 Å². The molecule has 1 heterocycles. The summed E-state index contributed by atoms with van der Waals surface area (Å²) < 4.78 is 1.97. The number of aryl methyl sites for hydroxylation is 2. The lowest BCUT2D eigenvalue weighted by Gasteiger charge is -2.06. The molecule has 0 unspecified atom stereocenters. The summed E-state index contributed by atoms with van der Waals surface area (Å²) in [5.41, 5.74) is 2.72. The van der Waals surface area contributed by atoms with E-state index in [2.05, 4.69) is 5.32 Å². The van der Waals surface area contributed by atoms with Gasteiger partial charge in [0.1, 0.15) is 0 Å². The maximum atomic E-state index is 10.8. The number of nitrogens with one attached hydrogen (secondary N) is 1. The average molecular weight is 245 g/mol. The quantitative estimate of drug-likeness (QED) is 0.665. The van der Waals surface area contributed by atoms with Crippen LogP contribution in [0.5, 0.6) is 0 Å². The highest BCUT2D eigenvalue weighted by atomic mass is 16.6. The van der Waals surface area contributed by atoms with Gasteiger partial charge in [-0.2, -0.15) is 0 Å². The van der Waals surface area contributed by atoms with Gasteiger partial charge in [-0.15, -0.1) is 0 Å². The van der Waals surface area contributed by atoms with E-state index in [1.165, 1.54) is 0 Å². The van der Waals surface area contributed by atoms with E-state index in [9.17, 15) is 10.1 Å². The summed E-state index contributed by atoms with van der Waals surface area (Å²) in [5.74, 6) is 0. The van der Waals surface area contributed by atoms with E-state index in [-0.39, 0.29) is 10.6 Å². The highest BCUT2D eigenvalue weighted by Gasteiger charge is 2.10. The number of benzene rings is 1. The van der Waals surface area contributed by atoms with E-state index in [0.29, 0.717) is 12.1 Å². The number of nitrogens with zero attached hydrogens (tertiary/aromatic N) is 2. The van der Waals surface area contributed by atoms with E-state index in [4.69, 9.17) is 0 Å². The SMILES string of the molecule is Cc1ccc(NCc2ccn(C)c2)cc1[N+](=O)[O-]. The Morgan fingerprint density at radius 2 is 2.17 bits per heavy atom. The molecule has 0 spiro atoms. The van der Waals surface area contributed by atoms with E-state index in [1.54, 1.807) is 19.1 Å². The van der Waals surface area contributed by atoms with Crippen LogP contribution in [-0.2, 0) is 13.6 Å². The van der Waals surface area contributed by atoms with Crippen LogP contribution in [0.4, 0.5) is 11.4 Å². The molecule has 1 N–H and O–H groups in total. The normalized spacial score (nSPS) is 10.3. The molecule has 0 aliphatic heterocycles. The van der Waals surface area contributed by atoms with Gasteiger partial charge < -0.3 is 9.88 Å². The summed E-state index contributed by atoms with van der Waals surface area (Å²) in [7, 11) is 1.96. The molecular weight excluding hydrogens is 230 g/mol. The van der Waals surface area contributed by atoms with Gasteiger partial charge in [-0.3, -0.25) is 10.1 Å². The smallest absolute Gasteiger partial charge is 0.274 e. The molecular formula is C13H15N3O2. The van der Waals surface area contributed by atoms with Crippen molar-refractivity contribution in [3.8, 4) is 0 Å². The molecule has 0 aliphatic rings. The van der Waals surface area contributed by atoms with Gasteiger partial charge in [-0.25, -0.2) is 0 Å². The van der Waals surface area contributed by atoms with Gasteiger partial charge in [-0.1, -0.05) is 6.07 Å². The maximum absolute atomic E-state index is 10.8. The summed E-state index contributed by atoms with van der Waals surface area (Å²) in [5, 5.41) is 14.0. The Labute approximate surface area is 105 Å². The first-order valence-corrected chi connectivity index (χ1v) is 5.66. The largest absolute Gasteiger partial charge is 0.381 e. The Hall–Kier alpha value is -2.30. The van der Waals surface area contributed by atoms with Crippen molar-refractivity contribution in [2.75, 3.05) is 5.32 Å². The minimum absolute atomic E-state index is 0.146. The number of rotatable bonds is 4. The third-order valence-corrected chi connectivity index (χ3v) is 2.80. The third-order valence-electron chi connectivity index (χ3n) is 2.80. The van der Waals surface area contributed by atoms with E-state index >= 15 is 0 Å². The fraction of sp³-hybridized carbons (Fsp3) is 0.231. The molecule has 0 radical (unpaired) electrons. The van der Waals surface area contributed by atoms with Gasteiger partial charge in [0, 0.05) is 43.3 Å². The molecule has 5 nitrogen and oxygen atoms in total. The van der Waals surface area contributed by atoms with Gasteiger partial charge in [-0.05, 0) is 24.6 Å². The van der Waals surface area contributed by atoms with Crippen LogP contribution in [0.25, 0.3) is 0 Å². The van der Waals surface area contributed by atoms with Crippen molar-refractivity contribution in [1.82, 2.24) is 4.57 Å². The third kappa shape index (κ3) is 2.68. The lowest BCUT2D eigenvalue weighted by atomic mass is 10.2. The molecule has 1 aromatic carbocycles. The molecule has 1 aromatic heterocycles. The number of nitro benzene ring substituents is 1.